The summed E-state index contributed by atoms with van der Waals surface area (Å²) in [5, 5.41) is 9.08. The van der Waals surface area contributed by atoms with Gasteiger partial charge in [0.15, 0.2) is 5.60 Å². The number of alkyl halides is 2. The molecule has 0 rings (SSSR count). The van der Waals surface area contributed by atoms with Crippen LogP contribution in [-0.4, -0.2) is 30.3 Å². The molecule has 72 valence electrons. The maximum Gasteiger partial charge on any atom is 0.271 e. The molecule has 3 N–H and O–H groups in total. The second kappa shape index (κ2) is 5.05. The fourth-order valence-electron chi connectivity index (χ4n) is 0.492. The Hall–Kier alpha value is -0.680. The Bertz CT molecular complexity index is 152. The molecule has 0 aliphatic heterocycles. The van der Waals surface area contributed by atoms with Crippen LogP contribution in [0.15, 0.2) is 12.3 Å². The smallest absolute Gasteiger partial charge is 0.271 e. The van der Waals surface area contributed by atoms with E-state index in [2.05, 4.69) is 4.74 Å². The fourth-order valence-corrected chi connectivity index (χ4v) is 0.492. The van der Waals surface area contributed by atoms with Gasteiger partial charge in [-0.25, -0.2) is 8.78 Å². The molecule has 0 aromatic heterocycles. The zero-order valence-electron chi connectivity index (χ0n) is 6.84. The van der Waals surface area contributed by atoms with E-state index in [1.54, 1.807) is 6.92 Å². The Kier molecular flexibility index (Phi) is 4.77. The van der Waals surface area contributed by atoms with Gasteiger partial charge in [0.2, 0.25) is 0 Å². The molecule has 0 aliphatic carbocycles. The van der Waals surface area contributed by atoms with Crippen LogP contribution in [0.2, 0.25) is 0 Å². The van der Waals surface area contributed by atoms with E-state index in [0.29, 0.717) is 6.61 Å². The number of halogens is 2. The van der Waals surface area contributed by atoms with Crippen LogP contribution in [0.25, 0.3) is 0 Å². The highest BCUT2D eigenvalue weighted by molar-refractivity contribution is 5.01. The molecular formula is C7H13F2NO2. The quantitative estimate of drug-likeness (QED) is 0.607. The molecule has 12 heavy (non-hydrogen) atoms. The van der Waals surface area contributed by atoms with Crippen molar-refractivity contribution in [2.45, 2.75) is 19.0 Å². The maximum absolute atomic E-state index is 12.1. The van der Waals surface area contributed by atoms with Gasteiger partial charge in [0.25, 0.3) is 6.43 Å². The highest BCUT2D eigenvalue weighted by Gasteiger charge is 2.33. The molecule has 5 heteroatoms. The van der Waals surface area contributed by atoms with Crippen molar-refractivity contribution in [1.82, 2.24) is 0 Å². The van der Waals surface area contributed by atoms with E-state index in [4.69, 9.17) is 10.8 Å². The summed E-state index contributed by atoms with van der Waals surface area (Å²) in [5.74, 6) is 0. The van der Waals surface area contributed by atoms with Crippen molar-refractivity contribution in [3.63, 3.8) is 0 Å². The molecule has 0 heterocycles. The number of ether oxygens (including phenoxy) is 1. The lowest BCUT2D eigenvalue weighted by molar-refractivity contribution is -0.0562. The third-order valence-corrected chi connectivity index (χ3v) is 1.32. The van der Waals surface area contributed by atoms with Crippen molar-refractivity contribution in [3.8, 4) is 0 Å². The molecule has 0 spiro atoms. The Morgan fingerprint density at radius 3 is 2.58 bits per heavy atom. The molecule has 0 bridgehead atoms. The lowest BCUT2D eigenvalue weighted by atomic mass is 10.1. The lowest BCUT2D eigenvalue weighted by Gasteiger charge is -2.20. The van der Waals surface area contributed by atoms with Crippen LogP contribution in [0.3, 0.4) is 0 Å². The molecular weight excluding hydrogens is 168 g/mol. The highest BCUT2D eigenvalue weighted by Crippen LogP contribution is 2.15. The zero-order chi connectivity index (χ0) is 9.61. The van der Waals surface area contributed by atoms with Crippen LogP contribution in [0.1, 0.15) is 6.92 Å². The summed E-state index contributed by atoms with van der Waals surface area (Å²) in [6.45, 7) is 1.53. The molecule has 0 amide bonds. The van der Waals surface area contributed by atoms with E-state index in [9.17, 15) is 8.78 Å². The summed E-state index contributed by atoms with van der Waals surface area (Å²) in [5.41, 5.74) is 2.68. The lowest BCUT2D eigenvalue weighted by Crippen LogP contribution is -2.42. The predicted molar refractivity (Wildman–Crippen MR) is 40.8 cm³/mol. The van der Waals surface area contributed by atoms with Gasteiger partial charge >= 0.3 is 0 Å². The summed E-state index contributed by atoms with van der Waals surface area (Å²) in [4.78, 5) is 0. The van der Waals surface area contributed by atoms with Crippen molar-refractivity contribution in [2.24, 2.45) is 5.73 Å². The zero-order valence-corrected chi connectivity index (χ0v) is 6.84. The minimum absolute atomic E-state index is 0.361. The summed E-state index contributed by atoms with van der Waals surface area (Å²) >= 11 is 0. The molecule has 0 radical (unpaired) electrons. The van der Waals surface area contributed by atoms with Gasteiger partial charge in [0.1, 0.15) is 0 Å². The van der Waals surface area contributed by atoms with Gasteiger partial charge in [-0.05, 0) is 13.0 Å². The van der Waals surface area contributed by atoms with E-state index in [-0.39, 0.29) is 0 Å². The summed E-state index contributed by atoms with van der Waals surface area (Å²) < 4.78 is 28.8. The number of nitrogens with two attached hydrogens (primary N) is 1. The van der Waals surface area contributed by atoms with E-state index < -0.39 is 18.6 Å². The molecule has 0 aromatic carbocycles. The Morgan fingerprint density at radius 2 is 2.25 bits per heavy atom. The van der Waals surface area contributed by atoms with Gasteiger partial charge in [-0.15, -0.1) is 0 Å². The van der Waals surface area contributed by atoms with Crippen molar-refractivity contribution < 1.29 is 18.6 Å². The summed E-state index contributed by atoms with van der Waals surface area (Å²) in [6, 6.07) is 0. The SMILES string of the molecule is CCO/C=C/[C@@](O)(CN)C(F)F. The number of rotatable bonds is 5. The van der Waals surface area contributed by atoms with Gasteiger partial charge in [0, 0.05) is 6.54 Å². The van der Waals surface area contributed by atoms with E-state index >= 15 is 0 Å². The fraction of sp³-hybridized carbons (Fsp3) is 0.714. The molecule has 3 nitrogen and oxygen atoms in total. The average Bonchev–Trinajstić information content (AvgIpc) is 2.04. The summed E-state index contributed by atoms with van der Waals surface area (Å²) in [6.07, 6.45) is -1.01. The third kappa shape index (κ3) is 3.15. The van der Waals surface area contributed by atoms with Gasteiger partial charge in [-0.2, -0.15) is 0 Å². The predicted octanol–water partition coefficient (Wildman–Crippen LogP) is 0.492. The van der Waals surface area contributed by atoms with Gasteiger partial charge in [-0.3, -0.25) is 0 Å². The normalized spacial score (nSPS) is 16.8. The van der Waals surface area contributed by atoms with E-state index in [1.165, 1.54) is 0 Å². The van der Waals surface area contributed by atoms with Crippen LogP contribution in [0.4, 0.5) is 8.78 Å². The topological polar surface area (TPSA) is 55.5 Å². The molecule has 0 saturated heterocycles. The van der Waals surface area contributed by atoms with Crippen molar-refractivity contribution in [2.75, 3.05) is 13.2 Å². The molecule has 0 unspecified atom stereocenters. The van der Waals surface area contributed by atoms with E-state index in [0.717, 1.165) is 12.3 Å². The van der Waals surface area contributed by atoms with Gasteiger partial charge in [-0.1, -0.05) is 0 Å². The molecule has 0 aromatic rings. The molecule has 0 aliphatic rings. The van der Waals surface area contributed by atoms with Crippen LogP contribution in [0, 0.1) is 0 Å². The van der Waals surface area contributed by atoms with Gasteiger partial charge < -0.3 is 15.6 Å². The first-order chi connectivity index (χ1) is 5.56. The van der Waals surface area contributed by atoms with Crippen molar-refractivity contribution >= 4 is 0 Å². The Balaban J connectivity index is 4.13. The summed E-state index contributed by atoms with van der Waals surface area (Å²) in [7, 11) is 0. The van der Waals surface area contributed by atoms with Crippen LogP contribution in [0.5, 0.6) is 0 Å². The monoisotopic (exact) mass is 181 g/mol. The number of hydrogen-bond acceptors (Lipinski definition) is 3. The first-order valence-electron chi connectivity index (χ1n) is 3.56. The minimum Gasteiger partial charge on any atom is -0.502 e. The van der Waals surface area contributed by atoms with Crippen molar-refractivity contribution in [3.05, 3.63) is 12.3 Å². The van der Waals surface area contributed by atoms with Crippen LogP contribution >= 0.6 is 0 Å². The Labute approximate surface area is 69.8 Å². The molecule has 1 atom stereocenters. The second-order valence-corrected chi connectivity index (χ2v) is 2.25. The standard InChI is InChI=1S/C7H13F2NO2/c1-2-12-4-3-7(11,5-10)6(8)9/h3-4,6,11H,2,5,10H2,1H3/b4-3+/t7-/m1/s1. The molecule has 0 saturated carbocycles. The average molecular weight is 181 g/mol. The third-order valence-electron chi connectivity index (χ3n) is 1.32. The van der Waals surface area contributed by atoms with Crippen LogP contribution in [-0.2, 0) is 4.74 Å². The van der Waals surface area contributed by atoms with Crippen LogP contribution < -0.4 is 5.73 Å². The van der Waals surface area contributed by atoms with Gasteiger partial charge in [0.05, 0.1) is 12.9 Å². The largest absolute Gasteiger partial charge is 0.502 e. The Morgan fingerprint density at radius 1 is 1.67 bits per heavy atom. The second-order valence-electron chi connectivity index (χ2n) is 2.25. The maximum atomic E-state index is 12.1. The number of hydrogen-bond donors (Lipinski definition) is 2. The van der Waals surface area contributed by atoms with E-state index in [1.807, 2.05) is 0 Å². The van der Waals surface area contributed by atoms with Crippen molar-refractivity contribution in [1.29, 1.82) is 0 Å². The molecule has 0 fully saturated rings. The minimum atomic E-state index is -2.90. The first kappa shape index (κ1) is 11.3. The number of aliphatic hydroxyl groups is 1. The highest BCUT2D eigenvalue weighted by atomic mass is 19.3. The first-order valence-corrected chi connectivity index (χ1v) is 3.56.